The van der Waals surface area contributed by atoms with Crippen LogP contribution in [0.1, 0.15) is 80.5 Å². The van der Waals surface area contributed by atoms with Crippen LogP contribution in [0.4, 0.5) is 0 Å². The van der Waals surface area contributed by atoms with Crippen molar-refractivity contribution in [3.63, 3.8) is 0 Å². The molecule has 1 amide bonds. The summed E-state index contributed by atoms with van der Waals surface area (Å²) in [6.07, 6.45) is 0.838. The van der Waals surface area contributed by atoms with Crippen molar-refractivity contribution in [2.75, 3.05) is 45.9 Å². The molecule has 0 atom stereocenters. The molecule has 252 valence electrons. The molecule has 4 aromatic rings. The largest absolute Gasteiger partial charge is 0.506 e. The highest BCUT2D eigenvalue weighted by molar-refractivity contribution is 7.16. The average molecular weight is 686 g/mol. The topological polar surface area (TPSA) is 108 Å². The van der Waals surface area contributed by atoms with Crippen molar-refractivity contribution in [2.45, 2.75) is 46.0 Å². The Bertz CT molecular complexity index is 1760. The summed E-state index contributed by atoms with van der Waals surface area (Å²) in [7, 11) is 0. The normalized spacial score (nSPS) is 14.2. The fourth-order valence-electron chi connectivity index (χ4n) is 5.38. The molecule has 0 aliphatic carbocycles. The number of hydrogen-bond acceptors (Lipinski definition) is 9. The number of aliphatic imine (C=N–C) groups is 1. The second kappa shape index (κ2) is 16.0. The van der Waals surface area contributed by atoms with Gasteiger partial charge < -0.3 is 15.2 Å². The molecule has 0 spiro atoms. The number of rotatable bonds is 13. The fourth-order valence-corrected chi connectivity index (χ4v) is 7.30. The molecule has 1 fully saturated rings. The van der Waals surface area contributed by atoms with Gasteiger partial charge in [0.2, 0.25) is 0 Å². The Morgan fingerprint density at radius 1 is 0.938 bits per heavy atom. The maximum Gasteiger partial charge on any atom is 0.251 e. The molecule has 48 heavy (non-hydrogen) atoms. The van der Waals surface area contributed by atoms with Crippen molar-refractivity contribution < 1.29 is 24.2 Å². The molecule has 0 saturated carbocycles. The van der Waals surface area contributed by atoms with Gasteiger partial charge in [0, 0.05) is 54.8 Å². The lowest BCUT2D eigenvalue weighted by molar-refractivity contribution is 0.0383. The second-order valence-corrected chi connectivity index (χ2v) is 14.9. The minimum absolute atomic E-state index is 0.0325. The molecule has 1 aliphatic heterocycles. The van der Waals surface area contributed by atoms with Gasteiger partial charge in [-0.2, -0.15) is 0 Å². The van der Waals surface area contributed by atoms with E-state index in [1.807, 2.05) is 29.6 Å². The van der Waals surface area contributed by atoms with Crippen molar-refractivity contribution in [3.8, 4) is 16.2 Å². The molecule has 2 N–H and O–H groups in total. The summed E-state index contributed by atoms with van der Waals surface area (Å²) < 4.78 is 5.35. The number of ketones is 2. The van der Waals surface area contributed by atoms with Gasteiger partial charge in [0.1, 0.15) is 12.3 Å². The van der Waals surface area contributed by atoms with Crippen molar-refractivity contribution in [1.29, 1.82) is 0 Å². The number of aromatic hydroxyl groups is 1. The predicted molar refractivity (Wildman–Crippen MR) is 195 cm³/mol. The number of nitrogens with one attached hydrogen (secondary N) is 1. The van der Waals surface area contributed by atoms with Crippen LogP contribution in [0, 0.1) is 0 Å². The molecule has 2 aromatic heterocycles. The lowest BCUT2D eigenvalue weighted by Gasteiger charge is -2.26. The molecule has 8 nitrogen and oxygen atoms in total. The minimum atomic E-state index is -0.176. The predicted octanol–water partition coefficient (Wildman–Crippen LogP) is 7.05. The first kappa shape index (κ1) is 35.3. The first-order valence-corrected chi connectivity index (χ1v) is 18.0. The molecule has 0 radical (unpaired) electrons. The molecular weight excluding hydrogens is 643 g/mol. The zero-order valence-corrected chi connectivity index (χ0v) is 29.6. The van der Waals surface area contributed by atoms with E-state index >= 15 is 0 Å². The van der Waals surface area contributed by atoms with Gasteiger partial charge in [0.15, 0.2) is 11.6 Å². The van der Waals surface area contributed by atoms with Gasteiger partial charge in [-0.15, -0.1) is 22.7 Å². The maximum atomic E-state index is 12.9. The van der Waals surface area contributed by atoms with Gasteiger partial charge in [-0.3, -0.25) is 24.3 Å². The van der Waals surface area contributed by atoms with Crippen molar-refractivity contribution in [1.82, 2.24) is 10.2 Å². The van der Waals surface area contributed by atoms with Gasteiger partial charge in [-0.25, -0.2) is 0 Å². The summed E-state index contributed by atoms with van der Waals surface area (Å²) >= 11 is 2.63. The SMILES string of the molecule is CC(=NCC(=O)c1ccc(C(=O)CCc2ccc(C(=O)NCCN3CCOCC3)cc2)s1)c1csc(-c2ccc(C(C)(C)C)cc2)c1O. The Morgan fingerprint density at radius 2 is 1.60 bits per heavy atom. The number of hydrogen-bond donors (Lipinski definition) is 2. The van der Waals surface area contributed by atoms with E-state index in [-0.39, 0.29) is 35.2 Å². The van der Waals surface area contributed by atoms with Gasteiger partial charge in [-0.1, -0.05) is 57.2 Å². The summed E-state index contributed by atoms with van der Waals surface area (Å²) in [6, 6.07) is 18.9. The Hall–Kier alpha value is -3.96. The molecule has 1 saturated heterocycles. The van der Waals surface area contributed by atoms with Crippen LogP contribution >= 0.6 is 22.7 Å². The van der Waals surface area contributed by atoms with Gasteiger partial charge in [-0.05, 0) is 59.7 Å². The minimum Gasteiger partial charge on any atom is -0.506 e. The average Bonchev–Trinajstić information content (AvgIpc) is 3.74. The third-order valence-corrected chi connectivity index (χ3v) is 10.6. The van der Waals surface area contributed by atoms with Crippen LogP contribution in [0.5, 0.6) is 5.75 Å². The van der Waals surface area contributed by atoms with Crippen LogP contribution in [0.25, 0.3) is 10.4 Å². The van der Waals surface area contributed by atoms with Gasteiger partial charge in [0.05, 0.1) is 27.8 Å². The number of thiophene rings is 2. The monoisotopic (exact) mass is 685 g/mol. The molecule has 2 aromatic carbocycles. The molecule has 0 bridgehead atoms. The quantitative estimate of drug-likeness (QED) is 0.115. The Balaban J connectivity index is 1.09. The lowest BCUT2D eigenvalue weighted by atomic mass is 9.86. The van der Waals surface area contributed by atoms with E-state index in [2.05, 4.69) is 48.1 Å². The summed E-state index contributed by atoms with van der Waals surface area (Å²) in [6.45, 7) is 12.8. The van der Waals surface area contributed by atoms with Crippen LogP contribution < -0.4 is 5.32 Å². The summed E-state index contributed by atoms with van der Waals surface area (Å²) in [5, 5.41) is 15.8. The first-order chi connectivity index (χ1) is 23.0. The highest BCUT2D eigenvalue weighted by Gasteiger charge is 2.19. The third-order valence-electron chi connectivity index (χ3n) is 8.46. The third kappa shape index (κ3) is 9.14. The summed E-state index contributed by atoms with van der Waals surface area (Å²) in [5.41, 5.74) is 4.96. The van der Waals surface area contributed by atoms with Crippen LogP contribution in [-0.2, 0) is 16.6 Å². The molecule has 1 aliphatic rings. The Kier molecular flexibility index (Phi) is 11.8. The van der Waals surface area contributed by atoms with Crippen LogP contribution in [-0.4, -0.2) is 79.1 Å². The van der Waals surface area contributed by atoms with E-state index in [0.29, 0.717) is 46.0 Å². The number of morpholine rings is 1. The Morgan fingerprint density at radius 3 is 2.27 bits per heavy atom. The van der Waals surface area contributed by atoms with Crippen molar-refractivity contribution in [2.24, 2.45) is 4.99 Å². The van der Waals surface area contributed by atoms with E-state index in [0.717, 1.165) is 48.9 Å². The number of nitrogens with zero attached hydrogens (tertiary/aromatic N) is 2. The molecule has 5 rings (SSSR count). The number of aryl methyl sites for hydroxylation is 1. The number of Topliss-reactive ketones (excluding diaryl/α,β-unsaturated/α-hetero) is 2. The number of amides is 1. The molecular formula is C38H43N3O5S2. The van der Waals surface area contributed by atoms with Crippen molar-refractivity contribution >= 4 is 45.9 Å². The first-order valence-electron chi connectivity index (χ1n) is 16.3. The zero-order valence-electron chi connectivity index (χ0n) is 28.0. The highest BCUT2D eigenvalue weighted by Crippen LogP contribution is 2.39. The molecule has 3 heterocycles. The smallest absolute Gasteiger partial charge is 0.251 e. The van der Waals surface area contributed by atoms with E-state index in [4.69, 9.17) is 4.74 Å². The lowest BCUT2D eigenvalue weighted by Crippen LogP contribution is -2.41. The van der Waals surface area contributed by atoms with Crippen molar-refractivity contribution in [3.05, 3.63) is 98.1 Å². The van der Waals surface area contributed by atoms with Crippen LogP contribution in [0.15, 0.2) is 71.0 Å². The standard InChI is InChI=1S/C38H43N3O5S2/c1-25(30-24-47-36(35(30)44)27-10-12-29(13-11-27)38(2,3)4)40-23-32(43)34-16-15-33(48-34)31(42)14-7-26-5-8-28(9-6-26)37(45)39-17-18-41-19-21-46-22-20-41/h5-6,8-13,15-16,24,44H,7,14,17-23H2,1-4H3,(H,39,45). The molecule has 10 heteroatoms. The zero-order chi connectivity index (χ0) is 34.3. The van der Waals surface area contributed by atoms with E-state index < -0.39 is 0 Å². The van der Waals surface area contributed by atoms with E-state index in [9.17, 15) is 19.5 Å². The number of carbonyl (C=O) groups is 3. The highest BCUT2D eigenvalue weighted by atomic mass is 32.1. The van der Waals surface area contributed by atoms with Gasteiger partial charge >= 0.3 is 0 Å². The van der Waals surface area contributed by atoms with Crippen LogP contribution in [0.3, 0.4) is 0 Å². The summed E-state index contributed by atoms with van der Waals surface area (Å²) in [5.74, 6) is -0.154. The summed E-state index contributed by atoms with van der Waals surface area (Å²) in [4.78, 5) is 46.9. The number of benzene rings is 2. The number of ether oxygens (including phenoxy) is 1. The maximum absolute atomic E-state index is 12.9. The van der Waals surface area contributed by atoms with Gasteiger partial charge in [0.25, 0.3) is 5.91 Å². The van der Waals surface area contributed by atoms with E-state index in [1.54, 1.807) is 31.2 Å². The fraction of sp³-hybridized carbons (Fsp3) is 0.368. The second-order valence-electron chi connectivity index (χ2n) is 13.0. The number of carbonyl (C=O) groups excluding carboxylic acids is 3. The van der Waals surface area contributed by atoms with Crippen LogP contribution in [0.2, 0.25) is 0 Å². The molecule has 0 unspecified atom stereocenters. The van der Waals surface area contributed by atoms with E-state index in [1.165, 1.54) is 28.2 Å². The Labute approximate surface area is 290 Å².